The molecule has 3 nitrogen and oxygen atoms in total. The Hall–Kier alpha value is -1.06. The van der Waals surface area contributed by atoms with Gasteiger partial charge in [-0.15, -0.1) is 0 Å². The fourth-order valence-electron chi connectivity index (χ4n) is 2.41. The van der Waals surface area contributed by atoms with Gasteiger partial charge in [-0.3, -0.25) is 0 Å². The summed E-state index contributed by atoms with van der Waals surface area (Å²) < 4.78 is 10.6. The third-order valence-electron chi connectivity index (χ3n) is 3.51. The zero-order valence-corrected chi connectivity index (χ0v) is 10.7. The molecule has 1 aliphatic heterocycles. The van der Waals surface area contributed by atoms with Gasteiger partial charge >= 0.3 is 0 Å². The Morgan fingerprint density at radius 1 is 1.35 bits per heavy atom. The molecule has 0 aromatic heterocycles. The van der Waals surface area contributed by atoms with Gasteiger partial charge < -0.3 is 14.6 Å². The summed E-state index contributed by atoms with van der Waals surface area (Å²) in [5, 5.41) is 10.4. The van der Waals surface area contributed by atoms with Gasteiger partial charge in [-0.2, -0.15) is 0 Å². The first-order valence-corrected chi connectivity index (χ1v) is 6.04. The second-order valence-corrected chi connectivity index (χ2v) is 4.75. The Bertz CT molecular complexity index is 395. The van der Waals surface area contributed by atoms with Crippen LogP contribution >= 0.6 is 0 Å². The lowest BCUT2D eigenvalue weighted by atomic mass is 9.91. The van der Waals surface area contributed by atoms with Crippen LogP contribution in [0.25, 0.3) is 0 Å². The summed E-state index contributed by atoms with van der Waals surface area (Å²) in [5.74, 6) is 1.10. The largest absolute Gasteiger partial charge is 0.496 e. The van der Waals surface area contributed by atoms with Gasteiger partial charge in [-0.25, -0.2) is 0 Å². The van der Waals surface area contributed by atoms with E-state index in [9.17, 15) is 5.11 Å². The predicted octanol–water partition coefficient (Wildman–Crippen LogP) is 2.38. The highest BCUT2D eigenvalue weighted by molar-refractivity contribution is 5.42. The molecule has 1 fully saturated rings. The maximum atomic E-state index is 10.4. The highest BCUT2D eigenvalue weighted by Gasteiger charge is 2.26. The van der Waals surface area contributed by atoms with E-state index < -0.39 is 6.10 Å². The number of hydrogen-bond donors (Lipinski definition) is 1. The molecule has 0 aliphatic carbocycles. The van der Waals surface area contributed by atoms with Crippen LogP contribution in [0.15, 0.2) is 12.1 Å². The van der Waals surface area contributed by atoms with Gasteiger partial charge in [0, 0.05) is 12.5 Å². The molecule has 1 aromatic carbocycles. The molecule has 94 valence electrons. The molecule has 0 bridgehead atoms. The fourth-order valence-corrected chi connectivity index (χ4v) is 2.41. The van der Waals surface area contributed by atoms with E-state index in [0.717, 1.165) is 35.5 Å². The van der Waals surface area contributed by atoms with E-state index in [1.165, 1.54) is 0 Å². The summed E-state index contributed by atoms with van der Waals surface area (Å²) in [4.78, 5) is 0. The highest BCUT2D eigenvalue weighted by Crippen LogP contribution is 2.33. The van der Waals surface area contributed by atoms with Gasteiger partial charge in [0.15, 0.2) is 0 Å². The topological polar surface area (TPSA) is 38.7 Å². The van der Waals surface area contributed by atoms with E-state index in [0.29, 0.717) is 6.61 Å². The van der Waals surface area contributed by atoms with Gasteiger partial charge in [-0.1, -0.05) is 0 Å². The molecule has 2 rings (SSSR count). The van der Waals surface area contributed by atoms with Crippen molar-refractivity contribution in [1.29, 1.82) is 0 Å². The average molecular weight is 236 g/mol. The predicted molar refractivity (Wildman–Crippen MR) is 66.4 cm³/mol. The van der Waals surface area contributed by atoms with Crippen LogP contribution in [0, 0.1) is 19.8 Å². The van der Waals surface area contributed by atoms with Crippen molar-refractivity contribution in [2.45, 2.75) is 26.4 Å². The van der Waals surface area contributed by atoms with Gasteiger partial charge in [-0.05, 0) is 49.1 Å². The summed E-state index contributed by atoms with van der Waals surface area (Å²) in [7, 11) is 1.67. The van der Waals surface area contributed by atoms with Crippen LogP contribution in [0.5, 0.6) is 5.75 Å². The SMILES string of the molecule is COc1cc(C)c(C(O)C2CCOC2)cc1C. The average Bonchev–Trinajstić information content (AvgIpc) is 2.84. The second kappa shape index (κ2) is 5.07. The third-order valence-corrected chi connectivity index (χ3v) is 3.51. The van der Waals surface area contributed by atoms with Crippen LogP contribution in [0.3, 0.4) is 0 Å². The number of benzene rings is 1. The Morgan fingerprint density at radius 2 is 2.12 bits per heavy atom. The first-order chi connectivity index (χ1) is 8.13. The molecule has 0 radical (unpaired) electrons. The first kappa shape index (κ1) is 12.4. The molecule has 1 aromatic rings. The van der Waals surface area contributed by atoms with Gasteiger partial charge in [0.1, 0.15) is 5.75 Å². The van der Waals surface area contributed by atoms with Crippen LogP contribution in [0.2, 0.25) is 0 Å². The molecule has 1 heterocycles. The third kappa shape index (κ3) is 2.45. The fraction of sp³-hybridized carbons (Fsp3) is 0.571. The number of rotatable bonds is 3. The summed E-state index contributed by atoms with van der Waals surface area (Å²) in [6.45, 7) is 5.43. The van der Waals surface area contributed by atoms with Gasteiger partial charge in [0.25, 0.3) is 0 Å². The van der Waals surface area contributed by atoms with Crippen molar-refractivity contribution < 1.29 is 14.6 Å². The second-order valence-electron chi connectivity index (χ2n) is 4.75. The van der Waals surface area contributed by atoms with Gasteiger partial charge in [0.2, 0.25) is 0 Å². The smallest absolute Gasteiger partial charge is 0.122 e. The zero-order chi connectivity index (χ0) is 12.4. The molecule has 1 N–H and O–H groups in total. The van der Waals surface area contributed by atoms with E-state index in [2.05, 4.69) is 0 Å². The first-order valence-electron chi connectivity index (χ1n) is 6.04. The van der Waals surface area contributed by atoms with Crippen LogP contribution in [-0.2, 0) is 4.74 Å². The summed E-state index contributed by atoms with van der Waals surface area (Å²) in [6.07, 6.45) is 0.508. The molecule has 3 heteroatoms. The highest BCUT2D eigenvalue weighted by atomic mass is 16.5. The Balaban J connectivity index is 2.28. The number of hydrogen-bond acceptors (Lipinski definition) is 3. The van der Waals surface area contributed by atoms with Crippen molar-refractivity contribution in [3.8, 4) is 5.75 Å². The maximum absolute atomic E-state index is 10.4. The van der Waals surface area contributed by atoms with E-state index in [1.54, 1.807) is 7.11 Å². The van der Waals surface area contributed by atoms with Crippen LogP contribution in [0.1, 0.15) is 29.2 Å². The molecule has 0 saturated carbocycles. The number of aliphatic hydroxyl groups excluding tert-OH is 1. The maximum Gasteiger partial charge on any atom is 0.122 e. The minimum absolute atomic E-state index is 0.224. The van der Waals surface area contributed by atoms with Gasteiger partial charge in [0.05, 0.1) is 19.8 Å². The lowest BCUT2D eigenvalue weighted by Gasteiger charge is -2.20. The summed E-state index contributed by atoms with van der Waals surface area (Å²) in [6, 6.07) is 4.01. The Labute approximate surface area is 102 Å². The van der Waals surface area contributed by atoms with Crippen LogP contribution < -0.4 is 4.74 Å². The molecule has 2 atom stereocenters. The molecule has 2 unspecified atom stereocenters. The Morgan fingerprint density at radius 3 is 2.71 bits per heavy atom. The standard InChI is InChI=1S/C14H20O3/c1-9-7-13(16-3)10(2)6-12(9)14(15)11-4-5-17-8-11/h6-7,11,14-15H,4-5,8H2,1-3H3. The van der Waals surface area contributed by atoms with Crippen molar-refractivity contribution in [3.05, 3.63) is 28.8 Å². The van der Waals surface area contributed by atoms with E-state index in [4.69, 9.17) is 9.47 Å². The molecular formula is C14H20O3. The molecular weight excluding hydrogens is 216 g/mol. The number of aryl methyl sites for hydroxylation is 2. The molecule has 17 heavy (non-hydrogen) atoms. The molecule has 0 spiro atoms. The molecule has 1 aliphatic rings. The van der Waals surface area contributed by atoms with Crippen molar-refractivity contribution in [3.63, 3.8) is 0 Å². The lowest BCUT2D eigenvalue weighted by Crippen LogP contribution is -2.14. The van der Waals surface area contributed by atoms with Crippen LogP contribution in [0.4, 0.5) is 0 Å². The molecule has 0 amide bonds. The monoisotopic (exact) mass is 236 g/mol. The number of ether oxygens (including phenoxy) is 2. The van der Waals surface area contributed by atoms with Crippen molar-refractivity contribution in [2.24, 2.45) is 5.92 Å². The Kier molecular flexibility index (Phi) is 3.69. The molecule has 1 saturated heterocycles. The summed E-state index contributed by atoms with van der Waals surface area (Å²) >= 11 is 0. The normalized spacial score (nSPS) is 21.5. The van der Waals surface area contributed by atoms with E-state index in [1.807, 2.05) is 26.0 Å². The van der Waals surface area contributed by atoms with Crippen LogP contribution in [-0.4, -0.2) is 25.4 Å². The number of methoxy groups -OCH3 is 1. The van der Waals surface area contributed by atoms with E-state index >= 15 is 0 Å². The van der Waals surface area contributed by atoms with Crippen molar-refractivity contribution in [1.82, 2.24) is 0 Å². The minimum Gasteiger partial charge on any atom is -0.496 e. The van der Waals surface area contributed by atoms with Crippen molar-refractivity contribution in [2.75, 3.05) is 20.3 Å². The van der Waals surface area contributed by atoms with E-state index in [-0.39, 0.29) is 5.92 Å². The van der Waals surface area contributed by atoms with Crippen molar-refractivity contribution >= 4 is 0 Å². The lowest BCUT2D eigenvalue weighted by molar-refractivity contribution is 0.0912. The number of aliphatic hydroxyl groups is 1. The quantitative estimate of drug-likeness (QED) is 0.875. The summed E-state index contributed by atoms with van der Waals surface area (Å²) in [5.41, 5.74) is 3.14. The zero-order valence-electron chi connectivity index (χ0n) is 10.7. The minimum atomic E-state index is -0.429.